The summed E-state index contributed by atoms with van der Waals surface area (Å²) in [5, 5.41) is 46.9. The van der Waals surface area contributed by atoms with Gasteiger partial charge in [0.2, 0.25) is 76.8 Å². The first-order valence-corrected chi connectivity index (χ1v) is 37.7. The minimum absolute atomic E-state index is 0.0427. The van der Waals surface area contributed by atoms with E-state index in [4.69, 9.17) is 28.7 Å². The molecule has 3 fully saturated rings. The van der Waals surface area contributed by atoms with E-state index in [0.29, 0.717) is 54.1 Å². The van der Waals surface area contributed by atoms with Crippen LogP contribution in [0.2, 0.25) is 0 Å². The average Bonchev–Trinajstić information content (AvgIpc) is 1.74. The van der Waals surface area contributed by atoms with Crippen molar-refractivity contribution in [3.05, 3.63) is 102 Å². The number of aromatic hydroxyl groups is 1. The van der Waals surface area contributed by atoms with Gasteiger partial charge in [-0.05, 0) is 105 Å². The van der Waals surface area contributed by atoms with Crippen molar-refractivity contribution < 1.29 is 81.7 Å². The number of halogens is 1. The molecule has 23 N–H and O–H groups in total. The summed E-state index contributed by atoms with van der Waals surface area (Å²) < 4.78 is 15.7. The zero-order valence-corrected chi connectivity index (χ0v) is 60.7. The maximum atomic E-state index is 15.7. The molecule has 0 radical (unpaired) electrons. The molecule has 4 aromatic rings. The van der Waals surface area contributed by atoms with Gasteiger partial charge in [0.25, 0.3) is 0 Å². The van der Waals surface area contributed by atoms with Gasteiger partial charge in [-0.15, -0.1) is 0 Å². The number of phenolic OH excluding ortho intramolecular Hbond substituents is 1. The number of fused-ring (bicyclic) bond motifs is 1. The van der Waals surface area contributed by atoms with Crippen molar-refractivity contribution in [3.8, 4) is 5.75 Å². The van der Waals surface area contributed by atoms with Gasteiger partial charge in [-0.25, -0.2) is 4.39 Å². The van der Waals surface area contributed by atoms with Crippen molar-refractivity contribution in [1.82, 2.24) is 63.1 Å². The number of nitrogens with one attached hydrogen (secondary N) is 11. The number of carboxylic acid groups (broad SMARTS) is 1. The van der Waals surface area contributed by atoms with Crippen LogP contribution in [-0.2, 0) is 86.4 Å². The number of hydrogen-bond acceptors (Lipinski definition) is 19. The maximum Gasteiger partial charge on any atom is 0.303 e. The highest BCUT2D eigenvalue weighted by Gasteiger charge is 2.41. The van der Waals surface area contributed by atoms with Gasteiger partial charge in [0.15, 0.2) is 5.96 Å². The number of guanidine groups is 1. The number of aliphatic carboxylic acids is 1. The standard InChI is InChI=1S/C70H95FN18O16S2/c1-37(72)30-57(93)89-29-9-17-54(89)68(104)84-49(31-38-18-20-42(90)21-19-38)64(100)87-53-36-107-106-35-52(60(74)96)86-63(99)48(23-25-58(94)95)82-66(102)51(33-41-34-79-45-15-7-5-13-43(41)45)83-62(98)47(22-24-55(73)91)80-56(92)26-28-77-61(97)46(16-8-27-78-70(75)76)81-65(101)50(32-40-12-4-6-14-44(40)71)85-69(105)59(88-67(53)103)39-10-2-3-11-39/h4-7,12-15,18-21,34,37,39,46-54,59,79,90H,2-3,8-11,16-17,22-33,35-36,72H2,1H3,(H2,73,91)(H2,74,96)(H,77,97)(H,80,92)(H,81,101)(H,82,102)(H,83,98)(H,84,104)(H,85,105)(H,86,99)(H,87,100)(H,88,103)(H,94,95)(H4,75,76,78)/t37-,46+,47+,48+,49+,50+,51+,52+,53+,54+,59+/m1/s1. The van der Waals surface area contributed by atoms with Crippen LogP contribution in [0.1, 0.15) is 114 Å². The molecule has 1 saturated carbocycles. The van der Waals surface area contributed by atoms with E-state index >= 15 is 18.8 Å². The summed E-state index contributed by atoms with van der Waals surface area (Å²) in [6.45, 7) is 1.35. The van der Waals surface area contributed by atoms with E-state index < -0.39 is 218 Å². The predicted octanol–water partition coefficient (Wildman–Crippen LogP) is -2.11. The number of hydrogen-bond donors (Lipinski definition) is 18. The number of H-pyrrole nitrogens is 1. The van der Waals surface area contributed by atoms with Crippen molar-refractivity contribution in [2.75, 3.05) is 31.1 Å². The third-order valence-corrected chi connectivity index (χ3v) is 20.7. The van der Waals surface area contributed by atoms with Crippen molar-refractivity contribution in [1.29, 1.82) is 0 Å². The average molecular weight is 1530 g/mol. The van der Waals surface area contributed by atoms with Gasteiger partial charge in [-0.1, -0.05) is 83.0 Å². The van der Waals surface area contributed by atoms with Gasteiger partial charge in [0, 0.05) is 99.2 Å². The normalized spacial score (nSPS) is 23.1. The van der Waals surface area contributed by atoms with Crippen molar-refractivity contribution in [2.45, 2.75) is 183 Å². The van der Waals surface area contributed by atoms with Gasteiger partial charge < -0.3 is 102 Å². The molecule has 0 bridgehead atoms. The number of carboxylic acids is 1. The van der Waals surface area contributed by atoms with E-state index in [2.05, 4.69) is 63.1 Å². The number of primary amides is 2. The fourth-order valence-electron chi connectivity index (χ4n) is 12.6. The molecule has 2 saturated heterocycles. The molecule has 3 aliphatic rings. The number of nitrogens with zero attached hydrogens (tertiary/aromatic N) is 2. The Bertz CT molecular complexity index is 3880. The number of para-hydroxylation sites is 1. The number of phenols is 1. The summed E-state index contributed by atoms with van der Waals surface area (Å²) in [4.78, 5) is 206. The lowest BCUT2D eigenvalue weighted by atomic mass is 9.95. The number of benzene rings is 3. The number of aromatic nitrogens is 1. The number of nitrogens with two attached hydrogens (primary N) is 5. The molecule has 3 aromatic carbocycles. The van der Waals surface area contributed by atoms with Crippen LogP contribution in [0.3, 0.4) is 0 Å². The Hall–Kier alpha value is -10.6. The quantitative estimate of drug-likeness (QED) is 0.0155. The first-order valence-electron chi connectivity index (χ1n) is 35.2. The third kappa shape index (κ3) is 26.5. The van der Waals surface area contributed by atoms with Gasteiger partial charge in [0.05, 0.1) is 0 Å². The largest absolute Gasteiger partial charge is 0.508 e. The van der Waals surface area contributed by atoms with Gasteiger partial charge >= 0.3 is 5.97 Å². The number of likely N-dealkylation sites (tertiary alicyclic amines) is 1. The lowest BCUT2D eigenvalue weighted by Crippen LogP contribution is -2.61. The second-order valence-corrected chi connectivity index (χ2v) is 29.2. The van der Waals surface area contributed by atoms with Gasteiger partial charge in [-0.3, -0.25) is 72.1 Å². The Labute approximate surface area is 623 Å². The molecule has 580 valence electrons. The molecule has 34 nitrogen and oxygen atoms in total. The molecule has 1 aromatic heterocycles. The summed E-state index contributed by atoms with van der Waals surface area (Å²) in [7, 11) is 1.70. The summed E-state index contributed by atoms with van der Waals surface area (Å²) >= 11 is 0. The highest BCUT2D eigenvalue weighted by Crippen LogP contribution is 2.30. The van der Waals surface area contributed by atoms with E-state index in [0.717, 1.165) is 27.7 Å². The fourth-order valence-corrected chi connectivity index (χ4v) is 15.0. The molecule has 1 aliphatic carbocycles. The lowest BCUT2D eigenvalue weighted by Gasteiger charge is -2.30. The van der Waals surface area contributed by atoms with Gasteiger partial charge in [0.1, 0.15) is 72.0 Å². The Balaban J connectivity index is 1.28. The highest BCUT2D eigenvalue weighted by atomic mass is 33.1. The molecule has 11 atom stereocenters. The molecular formula is C70H95FN18O16S2. The zero-order chi connectivity index (χ0) is 77.9. The molecular weight excluding hydrogens is 1430 g/mol. The molecule has 7 rings (SSSR count). The monoisotopic (exact) mass is 1530 g/mol. The van der Waals surface area contributed by atoms with Crippen LogP contribution in [0, 0.1) is 11.7 Å². The summed E-state index contributed by atoms with van der Waals surface area (Å²) in [6, 6.07) is 1.99. The summed E-state index contributed by atoms with van der Waals surface area (Å²) in [6.07, 6.45) is 0.118. The molecule has 37 heteroatoms. The van der Waals surface area contributed by atoms with Crippen LogP contribution in [0.4, 0.5) is 4.39 Å². The van der Waals surface area contributed by atoms with E-state index in [1.807, 2.05) is 0 Å². The van der Waals surface area contributed by atoms with Crippen LogP contribution in [0.25, 0.3) is 10.9 Å². The Kier molecular flexibility index (Phi) is 32.4. The first kappa shape index (κ1) is 83.7. The maximum absolute atomic E-state index is 15.7. The Morgan fingerprint density at radius 3 is 1.94 bits per heavy atom. The topological polar surface area (TPSA) is 561 Å². The smallest absolute Gasteiger partial charge is 0.303 e. The molecule has 107 heavy (non-hydrogen) atoms. The molecule has 0 spiro atoms. The van der Waals surface area contributed by atoms with E-state index in [9.17, 15) is 63.0 Å². The molecule has 3 heterocycles. The second-order valence-electron chi connectivity index (χ2n) is 26.6. The minimum Gasteiger partial charge on any atom is -0.508 e. The van der Waals surface area contributed by atoms with Crippen molar-refractivity contribution in [2.24, 2.45) is 39.6 Å². The number of carbonyl (C=O) groups excluding carboxylic acids is 13. The highest BCUT2D eigenvalue weighted by molar-refractivity contribution is 8.76. The summed E-state index contributed by atoms with van der Waals surface area (Å²) in [5.74, 6) is -16.0. The van der Waals surface area contributed by atoms with E-state index in [1.54, 1.807) is 37.4 Å². The van der Waals surface area contributed by atoms with Crippen LogP contribution in [-0.4, -0.2) is 206 Å². The third-order valence-electron chi connectivity index (χ3n) is 18.3. The second kappa shape index (κ2) is 41.4. The number of carbonyl (C=O) groups is 14. The van der Waals surface area contributed by atoms with Crippen molar-refractivity contribution in [3.63, 3.8) is 0 Å². The number of rotatable bonds is 24. The first-order chi connectivity index (χ1) is 51.0. The molecule has 13 amide bonds. The summed E-state index contributed by atoms with van der Waals surface area (Å²) in [5.41, 5.74) is 30.0. The fraction of sp³-hybridized carbons (Fsp3) is 0.500. The lowest BCUT2D eigenvalue weighted by molar-refractivity contribution is -0.140. The van der Waals surface area contributed by atoms with Crippen molar-refractivity contribution >= 4 is 121 Å². The van der Waals surface area contributed by atoms with Crippen LogP contribution in [0.15, 0.2) is 84.0 Å². The Morgan fingerprint density at radius 1 is 0.673 bits per heavy atom. The Morgan fingerprint density at radius 2 is 1.28 bits per heavy atom. The number of aliphatic imine (C=N–C) groups is 1. The van der Waals surface area contributed by atoms with E-state index in [-0.39, 0.29) is 68.9 Å². The predicted molar refractivity (Wildman–Crippen MR) is 393 cm³/mol. The zero-order valence-electron chi connectivity index (χ0n) is 59.1. The van der Waals surface area contributed by atoms with E-state index in [1.165, 1.54) is 47.4 Å². The minimum atomic E-state index is -1.75. The van der Waals surface area contributed by atoms with Crippen LogP contribution >= 0.6 is 21.6 Å². The molecule has 2 aliphatic heterocycles. The van der Waals surface area contributed by atoms with Crippen LogP contribution in [0.5, 0.6) is 5.75 Å². The van der Waals surface area contributed by atoms with Gasteiger partial charge in [-0.2, -0.15) is 0 Å². The number of aromatic amines is 1. The molecule has 0 unspecified atom stereocenters. The SMILES string of the molecule is C[C@@H](N)CC(=O)N1CCC[C@H]1C(=O)N[C@@H](Cc1ccc(O)cc1)C(=O)N[C@H]1CSSC[C@@H](C(N)=O)NC(=O)[C@H](CCC(=O)O)NC(=O)[C@H](Cc2c[nH]c3ccccc23)NC(=O)[C@H](CCC(N)=O)NC(=O)CCNC(=O)[C@H](CCCN=C(N)N)NC(=O)[C@H](Cc2ccccc2F)NC(=O)[C@H](C2CCCC2)NC1=O. The van der Waals surface area contributed by atoms with Crippen LogP contribution < -0.4 is 81.8 Å². The number of amides is 13.